The monoisotopic (exact) mass is 349 g/mol. The van der Waals surface area contributed by atoms with Gasteiger partial charge in [0.2, 0.25) is 0 Å². The molecule has 0 saturated carbocycles. The second-order valence-electron chi connectivity index (χ2n) is 5.49. The van der Waals surface area contributed by atoms with Crippen LogP contribution in [0.25, 0.3) is 22.3 Å². The molecule has 2 aliphatic rings. The molecular formula is C15H15N3O5S. The Kier molecular flexibility index (Phi) is 3.98. The van der Waals surface area contributed by atoms with Crippen LogP contribution >= 0.6 is 0 Å². The molecule has 0 aromatic heterocycles. The molecule has 126 valence electrons. The molecule has 3 rings (SSSR count). The molecule has 0 saturated heterocycles. The summed E-state index contributed by atoms with van der Waals surface area (Å²) in [4.78, 5) is 28.7. The van der Waals surface area contributed by atoms with Gasteiger partial charge < -0.3 is 4.57 Å². The summed E-state index contributed by atoms with van der Waals surface area (Å²) in [5.74, 6) is -0.252. The van der Waals surface area contributed by atoms with E-state index in [1.54, 1.807) is 17.7 Å². The van der Waals surface area contributed by atoms with Crippen molar-refractivity contribution in [1.29, 1.82) is 0 Å². The van der Waals surface area contributed by atoms with Crippen molar-refractivity contribution in [2.75, 3.05) is 5.75 Å². The van der Waals surface area contributed by atoms with Crippen molar-refractivity contribution in [3.8, 4) is 11.4 Å². The van der Waals surface area contributed by atoms with Crippen LogP contribution in [-0.4, -0.2) is 32.8 Å². The molecule has 2 heterocycles. The van der Waals surface area contributed by atoms with Crippen LogP contribution in [0.5, 0.6) is 0 Å². The number of aryl methyl sites for hydroxylation is 1. The smallest absolute Gasteiger partial charge is 0.328 e. The number of fused-ring (bicyclic) bond motifs is 2. The normalized spacial score (nSPS) is 12.1. The van der Waals surface area contributed by atoms with Gasteiger partial charge >= 0.3 is 5.69 Å². The van der Waals surface area contributed by atoms with E-state index in [0.29, 0.717) is 0 Å². The Bertz CT molecular complexity index is 1110. The third-order valence-corrected chi connectivity index (χ3v) is 4.65. The first-order chi connectivity index (χ1) is 11.3. The van der Waals surface area contributed by atoms with Gasteiger partial charge in [-0.15, -0.1) is 0 Å². The highest BCUT2D eigenvalue weighted by molar-refractivity contribution is 7.85. The average Bonchev–Trinajstić information content (AvgIpc) is 2.51. The fraction of sp³-hybridized carbons (Fsp3) is 0.267. The third kappa shape index (κ3) is 2.95. The molecule has 0 amide bonds. The zero-order valence-corrected chi connectivity index (χ0v) is 13.7. The van der Waals surface area contributed by atoms with Crippen LogP contribution in [0.2, 0.25) is 0 Å². The van der Waals surface area contributed by atoms with E-state index in [1.807, 2.05) is 24.3 Å². The Morgan fingerprint density at radius 2 is 1.92 bits per heavy atom. The molecular weight excluding hydrogens is 334 g/mol. The van der Waals surface area contributed by atoms with Crippen molar-refractivity contribution in [3.63, 3.8) is 0 Å². The third-order valence-electron chi connectivity index (χ3n) is 3.85. The minimum Gasteiger partial charge on any atom is -0.328 e. The first-order valence-corrected chi connectivity index (χ1v) is 8.83. The van der Waals surface area contributed by atoms with E-state index in [1.165, 1.54) is 0 Å². The van der Waals surface area contributed by atoms with E-state index in [4.69, 9.17) is 4.55 Å². The van der Waals surface area contributed by atoms with Gasteiger partial charge in [-0.3, -0.25) is 13.9 Å². The van der Waals surface area contributed by atoms with Gasteiger partial charge in [-0.1, -0.05) is 18.2 Å². The zero-order chi connectivity index (χ0) is 17.5. The first-order valence-electron chi connectivity index (χ1n) is 7.22. The Morgan fingerprint density at radius 1 is 1.21 bits per heavy atom. The van der Waals surface area contributed by atoms with Gasteiger partial charge in [-0.2, -0.15) is 13.4 Å². The minimum absolute atomic E-state index is 0.0547. The molecule has 2 aliphatic heterocycles. The average molecular weight is 349 g/mol. The second kappa shape index (κ2) is 5.84. The van der Waals surface area contributed by atoms with E-state index in [9.17, 15) is 18.0 Å². The number of hydrogen-bond acceptors (Lipinski definition) is 5. The highest BCUT2D eigenvalue weighted by Gasteiger charge is 2.18. The maximum atomic E-state index is 12.6. The number of pyridine rings is 1. The van der Waals surface area contributed by atoms with Crippen molar-refractivity contribution in [3.05, 3.63) is 51.2 Å². The minimum atomic E-state index is -4.14. The molecule has 0 atom stereocenters. The summed E-state index contributed by atoms with van der Waals surface area (Å²) in [7, 11) is -2.42. The number of nitrogens with zero attached hydrogens (tertiary/aromatic N) is 3. The summed E-state index contributed by atoms with van der Waals surface area (Å²) in [6.07, 6.45) is -0.0547. The van der Waals surface area contributed by atoms with Crippen LogP contribution in [-0.2, 0) is 23.7 Å². The van der Waals surface area contributed by atoms with E-state index in [2.05, 4.69) is 4.98 Å². The Balaban J connectivity index is 2.16. The van der Waals surface area contributed by atoms with Gasteiger partial charge in [-0.25, -0.2) is 4.79 Å². The standard InChI is InChI=1S/C15H15N3O5S/c1-17-12-6-3-2-5-10(12)9-11-13(17)16-15(20)18(14(11)19)7-4-8-24(21,22)23/h2-3,5-6,9H,4,7-8H2,1H3,(H,21,22,23). The SMILES string of the molecule is Cn1c2nc(=O)n(CCCS(=O)(=O)O)c(=O)c-2cc2ccccc21. The molecule has 24 heavy (non-hydrogen) atoms. The number of para-hydroxylation sites is 1. The largest absolute Gasteiger partial charge is 0.352 e. The van der Waals surface area contributed by atoms with Gasteiger partial charge in [0.25, 0.3) is 15.7 Å². The molecule has 1 aromatic rings. The summed E-state index contributed by atoms with van der Waals surface area (Å²) in [6.45, 7) is -0.128. The van der Waals surface area contributed by atoms with Crippen LogP contribution in [0, 0.1) is 0 Å². The van der Waals surface area contributed by atoms with Crippen molar-refractivity contribution in [2.24, 2.45) is 7.05 Å². The lowest BCUT2D eigenvalue weighted by Crippen LogP contribution is -2.38. The van der Waals surface area contributed by atoms with E-state index < -0.39 is 27.1 Å². The van der Waals surface area contributed by atoms with Gasteiger partial charge in [0.1, 0.15) is 0 Å². The molecule has 0 aliphatic carbocycles. The van der Waals surface area contributed by atoms with Crippen molar-refractivity contribution < 1.29 is 13.0 Å². The van der Waals surface area contributed by atoms with Crippen LogP contribution in [0.1, 0.15) is 6.42 Å². The Hall–Kier alpha value is -2.52. The second-order valence-corrected chi connectivity index (χ2v) is 7.06. The summed E-state index contributed by atoms with van der Waals surface area (Å²) in [6, 6.07) is 9.07. The van der Waals surface area contributed by atoms with Crippen molar-refractivity contribution in [2.45, 2.75) is 13.0 Å². The number of aromatic nitrogens is 3. The Morgan fingerprint density at radius 3 is 2.62 bits per heavy atom. The molecule has 8 nitrogen and oxygen atoms in total. The highest BCUT2D eigenvalue weighted by Crippen LogP contribution is 2.22. The van der Waals surface area contributed by atoms with E-state index in [-0.39, 0.29) is 24.4 Å². The summed E-state index contributed by atoms with van der Waals surface area (Å²) >= 11 is 0. The molecule has 0 fully saturated rings. The van der Waals surface area contributed by atoms with Gasteiger partial charge in [0, 0.05) is 19.1 Å². The number of rotatable bonds is 4. The van der Waals surface area contributed by atoms with Crippen LogP contribution in [0.3, 0.4) is 0 Å². The first kappa shape index (κ1) is 16.3. The Labute approximate surface area is 137 Å². The van der Waals surface area contributed by atoms with E-state index in [0.717, 1.165) is 15.5 Å². The molecule has 0 spiro atoms. The number of benzene rings is 1. The van der Waals surface area contributed by atoms with E-state index >= 15 is 0 Å². The molecule has 1 N–H and O–H groups in total. The van der Waals surface area contributed by atoms with Gasteiger partial charge in [0.15, 0.2) is 5.82 Å². The number of hydrogen-bond donors (Lipinski definition) is 1. The zero-order valence-electron chi connectivity index (χ0n) is 12.8. The highest BCUT2D eigenvalue weighted by atomic mass is 32.2. The van der Waals surface area contributed by atoms with Crippen molar-refractivity contribution >= 4 is 21.0 Å². The summed E-state index contributed by atoms with van der Waals surface area (Å²) in [5, 5.41) is 0.828. The predicted octanol–water partition coefficient (Wildman–Crippen LogP) is 0.478. The van der Waals surface area contributed by atoms with Crippen LogP contribution < -0.4 is 11.2 Å². The lowest BCUT2D eigenvalue weighted by atomic mass is 10.1. The molecule has 1 aromatic carbocycles. The summed E-state index contributed by atoms with van der Waals surface area (Å²) < 4.78 is 32.8. The lowest BCUT2D eigenvalue weighted by molar-refractivity contribution is 0.477. The van der Waals surface area contributed by atoms with Crippen molar-refractivity contribution in [1.82, 2.24) is 14.1 Å². The topological polar surface area (TPSA) is 111 Å². The fourth-order valence-electron chi connectivity index (χ4n) is 2.71. The lowest BCUT2D eigenvalue weighted by Gasteiger charge is -2.15. The maximum absolute atomic E-state index is 12.6. The summed E-state index contributed by atoms with van der Waals surface area (Å²) in [5.41, 5.74) is -0.154. The van der Waals surface area contributed by atoms with Gasteiger partial charge in [-0.05, 0) is 23.9 Å². The van der Waals surface area contributed by atoms with Crippen LogP contribution in [0.4, 0.5) is 0 Å². The predicted molar refractivity (Wildman–Crippen MR) is 88.9 cm³/mol. The molecule has 0 radical (unpaired) electrons. The fourth-order valence-corrected chi connectivity index (χ4v) is 3.20. The molecule has 9 heteroatoms. The van der Waals surface area contributed by atoms with Crippen LogP contribution in [0.15, 0.2) is 39.9 Å². The van der Waals surface area contributed by atoms with Gasteiger partial charge in [0.05, 0.1) is 11.3 Å². The molecule has 0 bridgehead atoms. The quantitative estimate of drug-likeness (QED) is 0.542. The molecule has 0 unspecified atom stereocenters. The maximum Gasteiger partial charge on any atom is 0.352 e.